The Hall–Kier alpha value is -2.76. The third kappa shape index (κ3) is 5.11. The molecule has 2 aliphatic carbocycles. The number of nitrogens with zero attached hydrogens (tertiary/aromatic N) is 2. The van der Waals surface area contributed by atoms with Crippen LogP contribution in [0.3, 0.4) is 0 Å². The maximum absolute atomic E-state index is 13.8. The standard InChI is InChI=1S/C27H33N3O6S2/c31-26(19-29-27(32)24-13-7-8-14-25(24)38(29,35)36)28-20-15-17-23(18-16-20)37(33,34)30(21-9-3-1-4-10-21)22-11-5-2-6-12-22/h7-8,13-18,21-22H,1-6,9-12,19H2,(H,28,31). The van der Waals surface area contributed by atoms with Crippen LogP contribution in [0.2, 0.25) is 0 Å². The fourth-order valence-electron chi connectivity index (χ4n) is 5.91. The van der Waals surface area contributed by atoms with Gasteiger partial charge in [0.25, 0.3) is 15.9 Å². The van der Waals surface area contributed by atoms with Gasteiger partial charge in [0.05, 0.1) is 10.5 Å². The summed E-state index contributed by atoms with van der Waals surface area (Å²) < 4.78 is 55.4. The van der Waals surface area contributed by atoms with Crippen molar-refractivity contribution < 1.29 is 26.4 Å². The Bertz CT molecular complexity index is 1390. The molecule has 2 amide bonds. The minimum absolute atomic E-state index is 0.0142. The molecule has 2 saturated carbocycles. The van der Waals surface area contributed by atoms with Gasteiger partial charge in [-0.15, -0.1) is 0 Å². The van der Waals surface area contributed by atoms with Crippen LogP contribution in [0.1, 0.15) is 74.6 Å². The highest BCUT2D eigenvalue weighted by Crippen LogP contribution is 2.35. The van der Waals surface area contributed by atoms with Crippen LogP contribution >= 0.6 is 0 Å². The molecule has 2 fully saturated rings. The average Bonchev–Trinajstić information content (AvgIpc) is 3.11. The number of benzene rings is 2. The van der Waals surface area contributed by atoms with Crippen LogP contribution in [-0.2, 0) is 24.8 Å². The number of amides is 2. The number of carbonyl (C=O) groups excluding carboxylic acids is 2. The van der Waals surface area contributed by atoms with Gasteiger partial charge in [0.1, 0.15) is 11.4 Å². The van der Waals surface area contributed by atoms with E-state index in [-0.39, 0.29) is 27.4 Å². The minimum Gasteiger partial charge on any atom is -0.325 e. The highest BCUT2D eigenvalue weighted by atomic mass is 32.2. The zero-order valence-corrected chi connectivity index (χ0v) is 22.8. The lowest BCUT2D eigenvalue weighted by molar-refractivity contribution is -0.116. The molecule has 0 atom stereocenters. The van der Waals surface area contributed by atoms with Gasteiger partial charge in [-0.3, -0.25) is 9.59 Å². The van der Waals surface area contributed by atoms with Crippen molar-refractivity contribution in [2.45, 2.75) is 86.1 Å². The monoisotopic (exact) mass is 559 g/mol. The van der Waals surface area contributed by atoms with Crippen LogP contribution in [0.4, 0.5) is 5.69 Å². The summed E-state index contributed by atoms with van der Waals surface area (Å²) in [6.07, 6.45) is 9.95. The molecular weight excluding hydrogens is 526 g/mol. The summed E-state index contributed by atoms with van der Waals surface area (Å²) in [7, 11) is -7.83. The third-order valence-electron chi connectivity index (χ3n) is 7.78. The number of hydrogen-bond donors (Lipinski definition) is 1. The zero-order valence-electron chi connectivity index (χ0n) is 21.2. The molecule has 0 bridgehead atoms. The number of rotatable bonds is 7. The van der Waals surface area contributed by atoms with Gasteiger partial charge < -0.3 is 5.32 Å². The van der Waals surface area contributed by atoms with Gasteiger partial charge in [0.15, 0.2) is 0 Å². The number of hydrogen-bond acceptors (Lipinski definition) is 6. The number of fused-ring (bicyclic) bond motifs is 1. The van der Waals surface area contributed by atoms with Gasteiger partial charge >= 0.3 is 0 Å². The Morgan fingerprint density at radius 2 is 1.42 bits per heavy atom. The van der Waals surface area contributed by atoms with Crippen LogP contribution in [0.5, 0.6) is 0 Å². The van der Waals surface area contributed by atoms with E-state index < -0.39 is 38.4 Å². The largest absolute Gasteiger partial charge is 0.325 e. The lowest BCUT2D eigenvalue weighted by Gasteiger charge is -2.40. The van der Waals surface area contributed by atoms with Crippen molar-refractivity contribution in [2.24, 2.45) is 0 Å². The molecule has 0 aromatic heterocycles. The van der Waals surface area contributed by atoms with Crippen molar-refractivity contribution in [1.82, 2.24) is 8.61 Å². The molecule has 9 nitrogen and oxygen atoms in total. The summed E-state index contributed by atoms with van der Waals surface area (Å²) in [5.74, 6) is -1.45. The minimum atomic E-state index is -4.10. The molecule has 11 heteroatoms. The normalized spacial score (nSPS) is 20.4. The molecule has 5 rings (SSSR count). The fourth-order valence-corrected chi connectivity index (χ4v) is 9.37. The van der Waals surface area contributed by atoms with E-state index in [4.69, 9.17) is 0 Å². The number of sulfonamides is 2. The predicted molar refractivity (Wildman–Crippen MR) is 143 cm³/mol. The summed E-state index contributed by atoms with van der Waals surface area (Å²) in [6, 6.07) is 11.8. The summed E-state index contributed by atoms with van der Waals surface area (Å²) in [4.78, 5) is 25.3. The first kappa shape index (κ1) is 26.8. The molecule has 2 aromatic rings. The molecule has 1 N–H and O–H groups in total. The Morgan fingerprint density at radius 3 is 1.97 bits per heavy atom. The van der Waals surface area contributed by atoms with Gasteiger partial charge in [-0.1, -0.05) is 50.7 Å². The molecule has 38 heavy (non-hydrogen) atoms. The topological polar surface area (TPSA) is 121 Å². The first-order valence-electron chi connectivity index (χ1n) is 13.3. The van der Waals surface area contributed by atoms with Crippen LogP contribution in [-0.4, -0.2) is 55.9 Å². The quantitative estimate of drug-likeness (QED) is 0.545. The predicted octanol–water partition coefficient (Wildman–Crippen LogP) is 4.13. The molecule has 1 heterocycles. The molecule has 204 valence electrons. The average molecular weight is 560 g/mol. The lowest BCUT2D eigenvalue weighted by Crippen LogP contribution is -2.48. The van der Waals surface area contributed by atoms with Crippen molar-refractivity contribution in [3.05, 3.63) is 54.1 Å². The van der Waals surface area contributed by atoms with Gasteiger partial charge in [0, 0.05) is 17.8 Å². The van der Waals surface area contributed by atoms with E-state index in [2.05, 4.69) is 5.32 Å². The second-order valence-electron chi connectivity index (χ2n) is 10.3. The maximum Gasteiger partial charge on any atom is 0.269 e. The fraction of sp³-hybridized carbons (Fsp3) is 0.481. The summed E-state index contributed by atoms with van der Waals surface area (Å²) in [6.45, 7) is -0.674. The maximum atomic E-state index is 13.8. The highest BCUT2D eigenvalue weighted by Gasteiger charge is 2.42. The van der Waals surface area contributed by atoms with Crippen molar-refractivity contribution >= 4 is 37.5 Å². The molecule has 0 radical (unpaired) electrons. The Morgan fingerprint density at radius 1 is 0.868 bits per heavy atom. The van der Waals surface area contributed by atoms with Crippen molar-refractivity contribution in [1.29, 1.82) is 0 Å². The summed E-state index contributed by atoms with van der Waals surface area (Å²) in [5, 5.41) is 2.58. The zero-order chi connectivity index (χ0) is 26.9. The number of carbonyl (C=O) groups is 2. The first-order chi connectivity index (χ1) is 18.2. The second-order valence-corrected chi connectivity index (χ2v) is 14.0. The lowest BCUT2D eigenvalue weighted by atomic mass is 9.91. The first-order valence-corrected chi connectivity index (χ1v) is 16.2. The van der Waals surface area contributed by atoms with Crippen LogP contribution < -0.4 is 5.32 Å². The van der Waals surface area contributed by atoms with Crippen LogP contribution in [0, 0.1) is 0 Å². The molecule has 0 unspecified atom stereocenters. The van der Waals surface area contributed by atoms with Crippen molar-refractivity contribution in [3.8, 4) is 0 Å². The van der Waals surface area contributed by atoms with Crippen molar-refractivity contribution in [3.63, 3.8) is 0 Å². The summed E-state index contributed by atoms with van der Waals surface area (Å²) in [5.41, 5.74) is 0.354. The Labute approximate surface area is 224 Å². The van der Waals surface area contributed by atoms with Crippen LogP contribution in [0.25, 0.3) is 0 Å². The van der Waals surface area contributed by atoms with Gasteiger partial charge in [-0.2, -0.15) is 4.31 Å². The van der Waals surface area contributed by atoms with Crippen LogP contribution in [0.15, 0.2) is 58.3 Å². The van der Waals surface area contributed by atoms with E-state index in [1.165, 1.54) is 42.5 Å². The third-order valence-corrected chi connectivity index (χ3v) is 11.6. The van der Waals surface area contributed by atoms with Gasteiger partial charge in [-0.05, 0) is 62.1 Å². The van der Waals surface area contributed by atoms with E-state index in [1.54, 1.807) is 10.4 Å². The smallest absolute Gasteiger partial charge is 0.269 e. The van der Waals surface area contributed by atoms with Gasteiger partial charge in [0.2, 0.25) is 15.9 Å². The van der Waals surface area contributed by atoms with Crippen molar-refractivity contribution in [2.75, 3.05) is 11.9 Å². The molecule has 0 spiro atoms. The van der Waals surface area contributed by atoms with E-state index in [0.717, 1.165) is 64.2 Å². The Kier molecular flexibility index (Phi) is 7.61. The van der Waals surface area contributed by atoms with E-state index in [9.17, 15) is 26.4 Å². The molecule has 3 aliphatic rings. The van der Waals surface area contributed by atoms with E-state index >= 15 is 0 Å². The second kappa shape index (κ2) is 10.8. The summed E-state index contributed by atoms with van der Waals surface area (Å²) >= 11 is 0. The highest BCUT2D eigenvalue weighted by molar-refractivity contribution is 7.90. The SMILES string of the molecule is O=C(CN1C(=O)c2ccccc2S1(=O)=O)Nc1ccc(S(=O)(=O)N(C2CCCCC2)C2CCCCC2)cc1. The molecule has 0 saturated heterocycles. The molecular formula is C27H33N3O6S2. The van der Waals surface area contributed by atoms with E-state index in [1.807, 2.05) is 0 Å². The number of nitrogens with one attached hydrogen (secondary N) is 1. The van der Waals surface area contributed by atoms with E-state index in [0.29, 0.717) is 9.99 Å². The number of anilines is 1. The molecule has 2 aromatic carbocycles. The molecule has 1 aliphatic heterocycles. The Balaban J connectivity index is 1.30. The van der Waals surface area contributed by atoms with Gasteiger partial charge in [-0.25, -0.2) is 21.1 Å².